The van der Waals surface area contributed by atoms with E-state index in [1.54, 1.807) is 0 Å². The fourth-order valence-electron chi connectivity index (χ4n) is 1.33. The average Bonchev–Trinajstić information content (AvgIpc) is 2.33. The Hall–Kier alpha value is 0.180. The van der Waals surface area contributed by atoms with Crippen molar-refractivity contribution >= 4 is 21.6 Å². The van der Waals surface area contributed by atoms with E-state index < -0.39 is 0 Å². The van der Waals surface area contributed by atoms with E-state index in [9.17, 15) is 0 Å². The van der Waals surface area contributed by atoms with Crippen molar-refractivity contribution in [2.45, 2.75) is 54.4 Å². The molecule has 0 amide bonds. The van der Waals surface area contributed by atoms with Crippen LogP contribution in [0.5, 0.6) is 0 Å². The highest BCUT2D eigenvalue weighted by molar-refractivity contribution is 8.79. The predicted octanol–water partition coefficient (Wildman–Crippen LogP) is 6.27. The van der Waals surface area contributed by atoms with Gasteiger partial charge in [-0.3, -0.25) is 0 Å². The molecular weight excluding hydrogens is 232 g/mol. The molecule has 0 aliphatic heterocycles. The number of hydrogen-bond donors (Lipinski definition) is 0. The van der Waals surface area contributed by atoms with Gasteiger partial charge in [0.2, 0.25) is 0 Å². The van der Waals surface area contributed by atoms with Gasteiger partial charge in [0.05, 0.1) is 0 Å². The van der Waals surface area contributed by atoms with Crippen LogP contribution in [0.25, 0.3) is 0 Å². The molecule has 0 aromatic heterocycles. The van der Waals surface area contributed by atoms with E-state index in [1.165, 1.54) is 22.7 Å². The summed E-state index contributed by atoms with van der Waals surface area (Å²) in [5.41, 5.74) is 0. The maximum absolute atomic E-state index is 2.31. The standard InChI is InChI=1S/C14H26S2/c1-7-11(5)13(9-3)15-16-14(10-4)12(6)8-2/h9-12H,7-8H2,1-6H3. The summed E-state index contributed by atoms with van der Waals surface area (Å²) in [6.45, 7) is 13.4. The third-order valence-corrected chi connectivity index (χ3v) is 6.15. The summed E-state index contributed by atoms with van der Waals surface area (Å²) in [5.74, 6) is 1.38. The lowest BCUT2D eigenvalue weighted by Crippen LogP contribution is -1.95. The molecule has 0 fully saturated rings. The van der Waals surface area contributed by atoms with Gasteiger partial charge >= 0.3 is 0 Å². The molecule has 0 rings (SSSR count). The molecule has 0 aliphatic carbocycles. The summed E-state index contributed by atoms with van der Waals surface area (Å²) < 4.78 is 0. The molecule has 0 saturated heterocycles. The zero-order valence-electron chi connectivity index (χ0n) is 11.5. The Labute approximate surface area is 110 Å². The van der Waals surface area contributed by atoms with Crippen LogP contribution in [-0.4, -0.2) is 0 Å². The minimum atomic E-state index is 0.692. The molecule has 0 nitrogen and oxygen atoms in total. The molecule has 0 aromatic rings. The largest absolute Gasteiger partial charge is 0.0770 e. The zero-order valence-corrected chi connectivity index (χ0v) is 13.2. The van der Waals surface area contributed by atoms with Gasteiger partial charge < -0.3 is 0 Å². The van der Waals surface area contributed by atoms with Gasteiger partial charge in [-0.2, -0.15) is 0 Å². The Bertz CT molecular complexity index is 215. The highest BCUT2D eigenvalue weighted by Crippen LogP contribution is 2.43. The highest BCUT2D eigenvalue weighted by atomic mass is 33.1. The molecule has 0 N–H and O–H groups in total. The molecule has 2 heteroatoms. The smallest absolute Gasteiger partial charge is 0.00531 e. The highest BCUT2D eigenvalue weighted by Gasteiger charge is 2.11. The Morgan fingerprint density at radius 3 is 1.38 bits per heavy atom. The lowest BCUT2D eigenvalue weighted by molar-refractivity contribution is 0.686. The van der Waals surface area contributed by atoms with Crippen molar-refractivity contribution in [2.24, 2.45) is 11.8 Å². The summed E-state index contributed by atoms with van der Waals surface area (Å²) >= 11 is 0. The van der Waals surface area contributed by atoms with Crippen LogP contribution in [0.2, 0.25) is 0 Å². The van der Waals surface area contributed by atoms with Crippen LogP contribution in [0.15, 0.2) is 22.0 Å². The normalized spacial score (nSPS) is 17.4. The third-order valence-electron chi connectivity index (χ3n) is 3.00. The van der Waals surface area contributed by atoms with Gasteiger partial charge in [-0.15, -0.1) is 0 Å². The van der Waals surface area contributed by atoms with Crippen LogP contribution >= 0.6 is 21.6 Å². The monoisotopic (exact) mass is 258 g/mol. The van der Waals surface area contributed by atoms with E-state index in [2.05, 4.69) is 53.7 Å². The topological polar surface area (TPSA) is 0 Å². The third kappa shape index (κ3) is 5.49. The first kappa shape index (κ1) is 16.2. The minimum Gasteiger partial charge on any atom is -0.0770 e. The maximum atomic E-state index is 2.31. The minimum absolute atomic E-state index is 0.692. The van der Waals surface area contributed by atoms with Crippen LogP contribution in [0, 0.1) is 11.8 Å². The van der Waals surface area contributed by atoms with Crippen LogP contribution in [-0.2, 0) is 0 Å². The molecule has 0 spiro atoms. The van der Waals surface area contributed by atoms with Gasteiger partial charge in [0.1, 0.15) is 0 Å². The molecule has 94 valence electrons. The van der Waals surface area contributed by atoms with Gasteiger partial charge in [-0.05, 0) is 48.3 Å². The first-order valence-corrected chi connectivity index (χ1v) is 8.42. The Kier molecular flexibility index (Phi) is 9.34. The van der Waals surface area contributed by atoms with Gasteiger partial charge in [-0.1, -0.05) is 61.4 Å². The van der Waals surface area contributed by atoms with E-state index in [0.29, 0.717) is 11.8 Å². The van der Waals surface area contributed by atoms with Gasteiger partial charge in [0, 0.05) is 0 Å². The quantitative estimate of drug-likeness (QED) is 0.494. The zero-order chi connectivity index (χ0) is 12.6. The van der Waals surface area contributed by atoms with Crippen LogP contribution in [0.3, 0.4) is 0 Å². The first-order valence-electron chi connectivity index (χ1n) is 6.27. The molecule has 16 heavy (non-hydrogen) atoms. The fraction of sp³-hybridized carbons (Fsp3) is 0.714. The number of hydrogen-bond acceptors (Lipinski definition) is 2. The molecule has 0 aromatic carbocycles. The fourth-order valence-corrected chi connectivity index (χ4v) is 4.52. The van der Waals surface area contributed by atoms with Crippen LogP contribution in [0.4, 0.5) is 0 Å². The lowest BCUT2D eigenvalue weighted by Gasteiger charge is -2.16. The van der Waals surface area contributed by atoms with Gasteiger partial charge in [-0.25, -0.2) is 0 Å². The van der Waals surface area contributed by atoms with Gasteiger partial charge in [0.15, 0.2) is 0 Å². The molecule has 0 aliphatic rings. The predicted molar refractivity (Wildman–Crippen MR) is 81.6 cm³/mol. The average molecular weight is 258 g/mol. The van der Waals surface area contributed by atoms with E-state index in [1.807, 2.05) is 21.6 Å². The van der Waals surface area contributed by atoms with Gasteiger partial charge in [0.25, 0.3) is 0 Å². The second-order valence-electron chi connectivity index (χ2n) is 4.17. The summed E-state index contributed by atoms with van der Waals surface area (Å²) in [6, 6.07) is 0. The van der Waals surface area contributed by atoms with Crippen molar-refractivity contribution in [1.29, 1.82) is 0 Å². The van der Waals surface area contributed by atoms with Crippen molar-refractivity contribution in [3.05, 3.63) is 22.0 Å². The molecule has 2 atom stereocenters. The van der Waals surface area contributed by atoms with Crippen molar-refractivity contribution < 1.29 is 0 Å². The maximum Gasteiger partial charge on any atom is -0.00531 e. The summed E-state index contributed by atoms with van der Waals surface area (Å²) in [6.07, 6.45) is 6.97. The molecular formula is C14H26S2. The second-order valence-corrected chi connectivity index (χ2v) is 6.44. The number of allylic oxidation sites excluding steroid dienone is 4. The molecule has 0 radical (unpaired) electrons. The Morgan fingerprint density at radius 1 is 0.875 bits per heavy atom. The molecule has 0 heterocycles. The van der Waals surface area contributed by atoms with Crippen molar-refractivity contribution in [3.63, 3.8) is 0 Å². The summed E-state index contributed by atoms with van der Waals surface area (Å²) in [7, 11) is 3.88. The SMILES string of the molecule is CC=C(SSC(=CC)C(C)CC)C(C)CC. The Balaban J connectivity index is 4.31. The molecule has 2 unspecified atom stereocenters. The molecule has 0 saturated carbocycles. The van der Waals surface area contributed by atoms with Crippen molar-refractivity contribution in [3.8, 4) is 0 Å². The number of rotatable bonds is 7. The van der Waals surface area contributed by atoms with E-state index in [0.717, 1.165) is 0 Å². The van der Waals surface area contributed by atoms with E-state index >= 15 is 0 Å². The second kappa shape index (κ2) is 9.23. The van der Waals surface area contributed by atoms with Crippen LogP contribution in [0.1, 0.15) is 54.4 Å². The molecule has 0 bridgehead atoms. The van der Waals surface area contributed by atoms with Crippen molar-refractivity contribution in [1.82, 2.24) is 0 Å². The Morgan fingerprint density at radius 2 is 1.19 bits per heavy atom. The lowest BCUT2D eigenvalue weighted by atomic mass is 10.1. The first-order chi connectivity index (χ1) is 7.60. The summed E-state index contributed by atoms with van der Waals surface area (Å²) in [5, 5.41) is 0. The van der Waals surface area contributed by atoms with E-state index in [-0.39, 0.29) is 0 Å². The summed E-state index contributed by atoms with van der Waals surface area (Å²) in [4.78, 5) is 3.02. The van der Waals surface area contributed by atoms with E-state index in [4.69, 9.17) is 0 Å². The van der Waals surface area contributed by atoms with Crippen LogP contribution < -0.4 is 0 Å². The van der Waals surface area contributed by atoms with Crippen molar-refractivity contribution in [2.75, 3.05) is 0 Å².